The number of amides is 1. The second-order valence-electron chi connectivity index (χ2n) is 8.99. The minimum Gasteiger partial charge on any atom is -0.445 e. The average Bonchev–Trinajstić information content (AvgIpc) is 3.41. The van der Waals surface area contributed by atoms with Gasteiger partial charge >= 0.3 is 17.7 Å². The lowest BCUT2D eigenvalue weighted by atomic mass is 10.1. The number of carbonyl (C=O) groups is 2. The first-order chi connectivity index (χ1) is 18.4. The number of benzene rings is 3. The fourth-order valence-electron chi connectivity index (χ4n) is 4.50. The Morgan fingerprint density at radius 1 is 0.947 bits per heavy atom. The Morgan fingerprint density at radius 2 is 1.68 bits per heavy atom. The molecule has 9 heteroatoms. The van der Waals surface area contributed by atoms with Crippen LogP contribution in [0, 0.1) is 0 Å². The summed E-state index contributed by atoms with van der Waals surface area (Å²) in [6.07, 6.45) is 1.62. The molecule has 38 heavy (non-hydrogen) atoms. The summed E-state index contributed by atoms with van der Waals surface area (Å²) in [7, 11) is 0. The van der Waals surface area contributed by atoms with Gasteiger partial charge in [-0.3, -0.25) is 0 Å². The van der Waals surface area contributed by atoms with E-state index in [1.165, 1.54) is 6.07 Å². The summed E-state index contributed by atoms with van der Waals surface area (Å²) in [5, 5.41) is 4.04. The van der Waals surface area contributed by atoms with Crippen LogP contribution in [0.1, 0.15) is 28.7 Å². The van der Waals surface area contributed by atoms with Crippen LogP contribution in [0.25, 0.3) is 11.0 Å². The zero-order valence-corrected chi connectivity index (χ0v) is 21.7. The van der Waals surface area contributed by atoms with Crippen LogP contribution in [0.5, 0.6) is 5.75 Å². The Balaban J connectivity index is 1.36. The maximum Gasteiger partial charge on any atom is 0.408 e. The van der Waals surface area contributed by atoms with E-state index in [4.69, 9.17) is 37.1 Å². The van der Waals surface area contributed by atoms with Crippen molar-refractivity contribution in [3.8, 4) is 5.75 Å². The highest BCUT2D eigenvalue weighted by Crippen LogP contribution is 2.35. The molecule has 194 valence electrons. The number of fused-ring (bicyclic) bond motifs is 3. The normalized spacial score (nSPS) is 13.1. The van der Waals surface area contributed by atoms with E-state index in [0.29, 0.717) is 17.0 Å². The SMILES string of the molecule is O=C(N[C@H](Cc1ccc(Cl)cc1)C(=O)Oc1cc2oc(=O)c3c(c2cc1Cl)CCC3)OCc1ccccc1. The third-order valence-corrected chi connectivity index (χ3v) is 6.93. The third-order valence-electron chi connectivity index (χ3n) is 6.38. The van der Waals surface area contributed by atoms with Crippen molar-refractivity contribution < 1.29 is 23.5 Å². The second-order valence-corrected chi connectivity index (χ2v) is 9.83. The number of esters is 1. The molecule has 7 nitrogen and oxygen atoms in total. The molecular weight excluding hydrogens is 529 g/mol. The molecule has 1 N–H and O–H groups in total. The molecule has 0 radical (unpaired) electrons. The zero-order valence-electron chi connectivity index (χ0n) is 20.2. The van der Waals surface area contributed by atoms with Crippen LogP contribution >= 0.6 is 23.2 Å². The molecule has 3 aromatic carbocycles. The number of nitrogens with one attached hydrogen (secondary N) is 1. The minimum atomic E-state index is -1.10. The molecule has 0 aliphatic heterocycles. The summed E-state index contributed by atoms with van der Waals surface area (Å²) < 4.78 is 16.4. The molecule has 4 aromatic rings. The number of hydrogen-bond acceptors (Lipinski definition) is 6. The van der Waals surface area contributed by atoms with Gasteiger partial charge in [-0.25, -0.2) is 14.4 Å². The van der Waals surface area contributed by atoms with Crippen molar-refractivity contribution in [3.63, 3.8) is 0 Å². The number of halogens is 2. The van der Waals surface area contributed by atoms with E-state index in [0.717, 1.165) is 34.9 Å². The van der Waals surface area contributed by atoms with Crippen LogP contribution in [-0.4, -0.2) is 18.1 Å². The monoisotopic (exact) mass is 551 g/mol. The maximum atomic E-state index is 13.3. The van der Waals surface area contributed by atoms with Crippen LogP contribution in [-0.2, 0) is 35.4 Å². The molecule has 0 spiro atoms. The van der Waals surface area contributed by atoms with Crippen molar-refractivity contribution in [1.82, 2.24) is 5.32 Å². The van der Waals surface area contributed by atoms with Gasteiger partial charge in [0.15, 0.2) is 5.75 Å². The molecule has 1 heterocycles. The Bertz CT molecular complexity index is 1550. The van der Waals surface area contributed by atoms with Gasteiger partial charge in [0.2, 0.25) is 0 Å². The molecule has 1 aliphatic rings. The largest absolute Gasteiger partial charge is 0.445 e. The molecule has 0 bridgehead atoms. The van der Waals surface area contributed by atoms with Gasteiger partial charge in [-0.15, -0.1) is 0 Å². The van der Waals surface area contributed by atoms with Crippen molar-refractivity contribution in [3.05, 3.63) is 109 Å². The van der Waals surface area contributed by atoms with Gasteiger partial charge in [0, 0.05) is 28.5 Å². The second kappa shape index (κ2) is 11.3. The molecule has 1 atom stereocenters. The first-order valence-electron chi connectivity index (χ1n) is 12.1. The van der Waals surface area contributed by atoms with Crippen molar-refractivity contribution >= 4 is 46.2 Å². The molecule has 0 unspecified atom stereocenters. The number of hydrogen-bond donors (Lipinski definition) is 1. The summed E-state index contributed by atoms with van der Waals surface area (Å²) in [4.78, 5) is 38.2. The highest BCUT2D eigenvalue weighted by Gasteiger charge is 2.26. The Kier molecular flexibility index (Phi) is 7.67. The van der Waals surface area contributed by atoms with E-state index in [9.17, 15) is 14.4 Å². The van der Waals surface area contributed by atoms with E-state index in [1.54, 1.807) is 30.3 Å². The lowest BCUT2D eigenvalue weighted by Gasteiger charge is -2.18. The van der Waals surface area contributed by atoms with E-state index < -0.39 is 23.7 Å². The van der Waals surface area contributed by atoms with Crippen molar-refractivity contribution in [1.29, 1.82) is 0 Å². The average molecular weight is 552 g/mol. The number of aryl methyl sites for hydroxylation is 1. The van der Waals surface area contributed by atoms with E-state index in [-0.39, 0.29) is 29.4 Å². The van der Waals surface area contributed by atoms with Gasteiger partial charge in [0.25, 0.3) is 0 Å². The van der Waals surface area contributed by atoms with Gasteiger partial charge in [-0.1, -0.05) is 65.7 Å². The van der Waals surface area contributed by atoms with E-state index in [1.807, 2.05) is 30.3 Å². The summed E-state index contributed by atoms with van der Waals surface area (Å²) in [5.74, 6) is -0.743. The predicted octanol–water partition coefficient (Wildman–Crippen LogP) is 6.03. The standard InChI is InChI=1S/C29H23Cl2NO6/c30-19-11-9-17(10-12-19)13-24(32-29(35)36-16-18-5-2-1-3-6-18)28(34)38-26-15-25-22(14-23(26)31)20-7-4-8-21(20)27(33)37-25/h1-3,5-6,9-12,14-15,24H,4,7-8,13,16H2,(H,32,35)/t24-/m1/s1. The third kappa shape index (κ3) is 5.85. The van der Waals surface area contributed by atoms with Crippen LogP contribution in [0.4, 0.5) is 4.79 Å². The molecule has 1 aromatic heterocycles. The smallest absolute Gasteiger partial charge is 0.408 e. The lowest BCUT2D eigenvalue weighted by Crippen LogP contribution is -2.44. The van der Waals surface area contributed by atoms with Gasteiger partial charge in [-0.2, -0.15) is 0 Å². The quantitative estimate of drug-likeness (QED) is 0.171. The highest BCUT2D eigenvalue weighted by atomic mass is 35.5. The fraction of sp³-hybridized carbons (Fsp3) is 0.207. The Hall–Kier alpha value is -3.81. The Morgan fingerprint density at radius 3 is 2.45 bits per heavy atom. The van der Waals surface area contributed by atoms with Crippen molar-refractivity contribution in [2.45, 2.75) is 38.3 Å². The predicted molar refractivity (Wildman–Crippen MR) is 144 cm³/mol. The van der Waals surface area contributed by atoms with Crippen LogP contribution in [0.2, 0.25) is 10.0 Å². The zero-order chi connectivity index (χ0) is 26.6. The summed E-state index contributed by atoms with van der Waals surface area (Å²) in [6.45, 7) is 0.0369. The summed E-state index contributed by atoms with van der Waals surface area (Å²) >= 11 is 12.5. The number of alkyl carbamates (subject to hydrolysis) is 1. The highest BCUT2D eigenvalue weighted by molar-refractivity contribution is 6.33. The maximum absolute atomic E-state index is 13.3. The minimum absolute atomic E-state index is 0.0193. The van der Waals surface area contributed by atoms with Crippen LogP contribution in [0.15, 0.2) is 75.9 Å². The lowest BCUT2D eigenvalue weighted by molar-refractivity contribution is -0.136. The number of rotatable bonds is 7. The van der Waals surface area contributed by atoms with Crippen molar-refractivity contribution in [2.24, 2.45) is 0 Å². The molecular formula is C29H23Cl2NO6. The van der Waals surface area contributed by atoms with Crippen LogP contribution < -0.4 is 15.7 Å². The van der Waals surface area contributed by atoms with Gasteiger partial charge < -0.3 is 19.2 Å². The number of carbonyl (C=O) groups excluding carboxylic acids is 2. The van der Waals surface area contributed by atoms with E-state index >= 15 is 0 Å². The molecule has 5 rings (SSSR count). The summed E-state index contributed by atoms with van der Waals surface area (Å²) in [6, 6.07) is 18.0. The molecule has 0 saturated carbocycles. The summed E-state index contributed by atoms with van der Waals surface area (Å²) in [5.41, 5.74) is 3.01. The molecule has 1 amide bonds. The van der Waals surface area contributed by atoms with Gasteiger partial charge in [0.05, 0.1) is 5.02 Å². The van der Waals surface area contributed by atoms with Gasteiger partial charge in [0.1, 0.15) is 18.2 Å². The van der Waals surface area contributed by atoms with Gasteiger partial charge in [-0.05, 0) is 54.2 Å². The Labute approximate surface area is 228 Å². The number of ether oxygens (including phenoxy) is 2. The molecule has 0 saturated heterocycles. The first-order valence-corrected chi connectivity index (χ1v) is 12.8. The molecule has 0 fully saturated rings. The van der Waals surface area contributed by atoms with Crippen LogP contribution in [0.3, 0.4) is 0 Å². The molecule has 1 aliphatic carbocycles. The van der Waals surface area contributed by atoms with Crippen molar-refractivity contribution in [2.75, 3.05) is 0 Å². The first kappa shape index (κ1) is 25.8. The van der Waals surface area contributed by atoms with E-state index in [2.05, 4.69) is 5.32 Å². The topological polar surface area (TPSA) is 94.8 Å². The fourth-order valence-corrected chi connectivity index (χ4v) is 4.83.